The molecule has 4 rings (SSSR count). The number of piperazine rings is 1. The van der Waals surface area contributed by atoms with E-state index in [2.05, 4.69) is 0 Å². The molecule has 0 aliphatic carbocycles. The van der Waals surface area contributed by atoms with Crippen molar-refractivity contribution in [1.29, 1.82) is 0 Å². The minimum Gasteiger partial charge on any atom is -0.336 e. The first kappa shape index (κ1) is 19.7. The van der Waals surface area contributed by atoms with Gasteiger partial charge in [-0.3, -0.25) is 4.79 Å². The van der Waals surface area contributed by atoms with E-state index in [1.54, 1.807) is 41.3 Å². The van der Waals surface area contributed by atoms with Crippen molar-refractivity contribution in [1.82, 2.24) is 9.21 Å². The average molecular weight is 455 g/mol. The summed E-state index contributed by atoms with van der Waals surface area (Å²) in [7, 11) is -3.73. The van der Waals surface area contributed by atoms with E-state index in [4.69, 9.17) is 23.2 Å². The van der Waals surface area contributed by atoms with E-state index in [1.807, 2.05) is 12.1 Å². The summed E-state index contributed by atoms with van der Waals surface area (Å²) in [6.45, 7) is 0.879. The maximum atomic E-state index is 13.0. The summed E-state index contributed by atoms with van der Waals surface area (Å²) < 4.78 is 28.3. The summed E-state index contributed by atoms with van der Waals surface area (Å²) in [5.41, 5.74) is 0.954. The van der Waals surface area contributed by atoms with Crippen LogP contribution in [0.4, 0.5) is 0 Å². The largest absolute Gasteiger partial charge is 0.336 e. The molecule has 0 spiro atoms. The van der Waals surface area contributed by atoms with Gasteiger partial charge in [0, 0.05) is 34.4 Å². The van der Waals surface area contributed by atoms with Crippen LogP contribution in [0.2, 0.25) is 10.0 Å². The number of benzene rings is 2. The monoisotopic (exact) mass is 454 g/mol. The van der Waals surface area contributed by atoms with Crippen LogP contribution in [0.5, 0.6) is 0 Å². The van der Waals surface area contributed by atoms with Gasteiger partial charge in [0.1, 0.15) is 4.21 Å². The first-order valence-corrected chi connectivity index (χ1v) is 11.6. The number of hydrogen-bond donors (Lipinski definition) is 0. The Bertz CT molecular complexity index is 1140. The Morgan fingerprint density at radius 2 is 1.68 bits per heavy atom. The molecule has 9 heteroatoms. The molecule has 1 fully saturated rings. The smallest absolute Gasteiger partial charge is 0.253 e. The standard InChI is InChI=1S/C19H16Cl2N2O3S2/c20-15-4-1-13(2-5-15)11-22-7-8-23(12-18(22)24)28(25,26)19-9-14-3-6-16(21)10-17(14)27-19/h1-6,9-10H,7-8,11-12H2. The van der Waals surface area contributed by atoms with Crippen molar-refractivity contribution in [2.45, 2.75) is 10.8 Å². The zero-order valence-electron chi connectivity index (χ0n) is 14.6. The molecule has 0 radical (unpaired) electrons. The normalized spacial score (nSPS) is 16.1. The van der Waals surface area contributed by atoms with Crippen LogP contribution >= 0.6 is 34.5 Å². The van der Waals surface area contributed by atoms with Gasteiger partial charge in [0.15, 0.2) is 0 Å². The minimum atomic E-state index is -3.73. The first-order valence-electron chi connectivity index (χ1n) is 8.54. The number of halogens is 2. The van der Waals surface area contributed by atoms with Crippen LogP contribution in [0.25, 0.3) is 10.1 Å². The highest BCUT2D eigenvalue weighted by atomic mass is 35.5. The Hall–Kier alpha value is -1.64. The van der Waals surface area contributed by atoms with Crippen LogP contribution in [-0.4, -0.2) is 43.2 Å². The van der Waals surface area contributed by atoms with Crippen molar-refractivity contribution in [2.75, 3.05) is 19.6 Å². The highest BCUT2D eigenvalue weighted by molar-refractivity contribution is 7.91. The number of nitrogens with zero attached hydrogens (tertiary/aromatic N) is 2. The minimum absolute atomic E-state index is 0.162. The maximum absolute atomic E-state index is 13.0. The predicted octanol–water partition coefficient (Wildman–Crippen LogP) is 4.24. The van der Waals surface area contributed by atoms with Crippen molar-refractivity contribution in [3.63, 3.8) is 0 Å². The molecule has 5 nitrogen and oxygen atoms in total. The van der Waals surface area contributed by atoms with Gasteiger partial charge in [0.2, 0.25) is 5.91 Å². The van der Waals surface area contributed by atoms with E-state index in [-0.39, 0.29) is 23.2 Å². The predicted molar refractivity (Wildman–Crippen MR) is 112 cm³/mol. The quantitative estimate of drug-likeness (QED) is 0.592. The van der Waals surface area contributed by atoms with Crippen LogP contribution in [0.3, 0.4) is 0 Å². The topological polar surface area (TPSA) is 57.7 Å². The highest BCUT2D eigenvalue weighted by Crippen LogP contribution is 2.33. The molecule has 1 aliphatic heterocycles. The summed E-state index contributed by atoms with van der Waals surface area (Å²) in [5, 5.41) is 2.01. The van der Waals surface area contributed by atoms with Gasteiger partial charge < -0.3 is 4.90 Å². The molecule has 0 saturated carbocycles. The van der Waals surface area contributed by atoms with Crippen LogP contribution in [0, 0.1) is 0 Å². The highest BCUT2D eigenvalue weighted by Gasteiger charge is 2.33. The molecule has 2 heterocycles. The SMILES string of the molecule is O=C1CN(S(=O)(=O)c2cc3ccc(Cl)cc3s2)CCN1Cc1ccc(Cl)cc1. The van der Waals surface area contributed by atoms with Gasteiger partial charge in [-0.25, -0.2) is 8.42 Å². The van der Waals surface area contributed by atoms with E-state index in [0.717, 1.165) is 15.6 Å². The third-order valence-corrected chi connectivity index (χ3v) is 8.50. The molecule has 1 aromatic heterocycles. The lowest BCUT2D eigenvalue weighted by Gasteiger charge is -2.33. The molecule has 0 N–H and O–H groups in total. The number of carbonyl (C=O) groups is 1. The number of amides is 1. The Balaban J connectivity index is 1.50. The fourth-order valence-corrected chi connectivity index (χ4v) is 6.44. The molecule has 0 atom stereocenters. The lowest BCUT2D eigenvalue weighted by atomic mass is 10.2. The number of thiophene rings is 1. The zero-order chi connectivity index (χ0) is 19.9. The van der Waals surface area contributed by atoms with Crippen LogP contribution in [0.1, 0.15) is 5.56 Å². The molecule has 3 aromatic rings. The molecule has 0 bridgehead atoms. The summed E-state index contributed by atoms with van der Waals surface area (Å²) in [6.07, 6.45) is 0. The van der Waals surface area contributed by atoms with Crippen LogP contribution in [-0.2, 0) is 21.4 Å². The van der Waals surface area contributed by atoms with Gasteiger partial charge in [-0.15, -0.1) is 11.3 Å². The van der Waals surface area contributed by atoms with Crippen molar-refractivity contribution in [2.24, 2.45) is 0 Å². The summed E-state index contributed by atoms with van der Waals surface area (Å²) in [5.74, 6) is -0.214. The van der Waals surface area contributed by atoms with Gasteiger partial charge in [-0.1, -0.05) is 41.4 Å². The Morgan fingerprint density at radius 1 is 0.964 bits per heavy atom. The Labute approximate surface area is 177 Å². The van der Waals surface area contributed by atoms with E-state index >= 15 is 0 Å². The van der Waals surface area contributed by atoms with E-state index in [1.165, 1.54) is 15.6 Å². The second kappa shape index (κ2) is 7.65. The Morgan fingerprint density at radius 3 is 2.39 bits per heavy atom. The van der Waals surface area contributed by atoms with Crippen molar-refractivity contribution in [3.8, 4) is 0 Å². The molecule has 1 aliphatic rings. The summed E-state index contributed by atoms with van der Waals surface area (Å²) in [6, 6.07) is 14.2. The lowest BCUT2D eigenvalue weighted by Crippen LogP contribution is -2.51. The van der Waals surface area contributed by atoms with E-state index < -0.39 is 10.0 Å². The molecule has 1 saturated heterocycles. The zero-order valence-corrected chi connectivity index (χ0v) is 17.8. The first-order chi connectivity index (χ1) is 13.3. The second-order valence-corrected chi connectivity index (χ2v) is 10.6. The lowest BCUT2D eigenvalue weighted by molar-refractivity contribution is -0.134. The molecule has 146 valence electrons. The van der Waals surface area contributed by atoms with Crippen LogP contribution < -0.4 is 0 Å². The number of fused-ring (bicyclic) bond motifs is 1. The third-order valence-electron chi connectivity index (χ3n) is 4.62. The van der Waals surface area contributed by atoms with Gasteiger partial charge >= 0.3 is 0 Å². The fourth-order valence-electron chi connectivity index (χ4n) is 3.10. The second-order valence-electron chi connectivity index (χ2n) is 6.53. The van der Waals surface area contributed by atoms with Gasteiger partial charge in [-0.05, 0) is 41.3 Å². The molecular weight excluding hydrogens is 439 g/mol. The average Bonchev–Trinajstić information content (AvgIpc) is 3.09. The van der Waals surface area contributed by atoms with E-state index in [0.29, 0.717) is 23.1 Å². The molecule has 2 aromatic carbocycles. The van der Waals surface area contributed by atoms with E-state index in [9.17, 15) is 13.2 Å². The number of sulfonamides is 1. The van der Waals surface area contributed by atoms with Crippen molar-refractivity contribution >= 4 is 60.6 Å². The maximum Gasteiger partial charge on any atom is 0.253 e. The van der Waals surface area contributed by atoms with Gasteiger partial charge in [-0.2, -0.15) is 4.31 Å². The van der Waals surface area contributed by atoms with Crippen molar-refractivity contribution < 1.29 is 13.2 Å². The summed E-state index contributed by atoms with van der Waals surface area (Å²) >= 11 is 13.0. The fraction of sp³-hybridized carbons (Fsp3) is 0.211. The Kier molecular flexibility index (Phi) is 5.37. The van der Waals surface area contributed by atoms with Crippen molar-refractivity contribution in [3.05, 3.63) is 64.1 Å². The third kappa shape index (κ3) is 3.90. The van der Waals surface area contributed by atoms with Gasteiger partial charge in [0.25, 0.3) is 10.0 Å². The molecule has 28 heavy (non-hydrogen) atoms. The number of carbonyl (C=O) groups excluding carboxylic acids is 1. The molecular formula is C19H16Cl2N2O3S2. The summed E-state index contributed by atoms with van der Waals surface area (Å²) in [4.78, 5) is 14.2. The van der Waals surface area contributed by atoms with Gasteiger partial charge in [0.05, 0.1) is 6.54 Å². The molecule has 1 amide bonds. The molecule has 0 unspecified atom stereocenters. The number of hydrogen-bond acceptors (Lipinski definition) is 4. The number of rotatable bonds is 4. The van der Waals surface area contributed by atoms with Crippen LogP contribution in [0.15, 0.2) is 52.7 Å².